The minimum atomic E-state index is 0.142. The van der Waals surface area contributed by atoms with Crippen LogP contribution in [-0.2, 0) is 18.3 Å². The predicted molar refractivity (Wildman–Crippen MR) is 102 cm³/mol. The van der Waals surface area contributed by atoms with Crippen molar-refractivity contribution in [1.82, 2.24) is 15.3 Å². The van der Waals surface area contributed by atoms with Crippen LogP contribution in [0.15, 0.2) is 41.7 Å². The van der Waals surface area contributed by atoms with Crippen molar-refractivity contribution in [2.24, 2.45) is 12.0 Å². The van der Waals surface area contributed by atoms with Crippen molar-refractivity contribution in [3.05, 3.63) is 59.2 Å². The number of benzene rings is 1. The van der Waals surface area contributed by atoms with Gasteiger partial charge in [0, 0.05) is 31.4 Å². The van der Waals surface area contributed by atoms with Crippen LogP contribution in [0.5, 0.6) is 0 Å². The lowest BCUT2D eigenvalue weighted by atomic mass is 10.1. The number of ether oxygens (including phenoxy) is 1. The van der Waals surface area contributed by atoms with Crippen LogP contribution in [-0.4, -0.2) is 28.1 Å². The number of alkyl halides is 1. The molecule has 1 unspecified atom stereocenters. The molecule has 2 N–H and O–H groups in total. The van der Waals surface area contributed by atoms with E-state index in [1.54, 1.807) is 7.11 Å². The summed E-state index contributed by atoms with van der Waals surface area (Å²) in [5.74, 6) is 0.610. The van der Waals surface area contributed by atoms with Crippen molar-refractivity contribution in [3.63, 3.8) is 0 Å². The molecule has 3 rings (SSSR count). The number of aryl methyl sites for hydroxylation is 2. The summed E-state index contributed by atoms with van der Waals surface area (Å²) in [6.45, 7) is 4.87. The molecule has 1 atom stereocenters. The van der Waals surface area contributed by atoms with Crippen molar-refractivity contribution in [2.75, 3.05) is 7.11 Å². The first kappa shape index (κ1) is 17.5. The van der Waals surface area contributed by atoms with E-state index in [4.69, 9.17) is 9.73 Å². The number of aromatic amines is 1. The number of halogens is 1. The minimum Gasteiger partial charge on any atom is -0.481 e. The lowest BCUT2D eigenvalue weighted by molar-refractivity contribution is -0.732. The van der Waals surface area contributed by atoms with E-state index >= 15 is 0 Å². The molecular formula is C18H23BrN5O+. The van der Waals surface area contributed by atoms with Crippen LogP contribution in [0.1, 0.15) is 22.5 Å². The maximum atomic E-state index is 5.54. The van der Waals surface area contributed by atoms with Gasteiger partial charge in [-0.2, -0.15) is 5.10 Å². The van der Waals surface area contributed by atoms with Crippen molar-refractivity contribution in [1.29, 1.82) is 0 Å². The van der Waals surface area contributed by atoms with Crippen LogP contribution in [0.25, 0.3) is 0 Å². The molecule has 0 spiro atoms. The highest BCUT2D eigenvalue weighted by Crippen LogP contribution is 2.21. The van der Waals surface area contributed by atoms with Crippen LogP contribution >= 0.6 is 15.9 Å². The van der Waals surface area contributed by atoms with Gasteiger partial charge in [0.1, 0.15) is 5.69 Å². The number of methoxy groups -OCH3 is 1. The van der Waals surface area contributed by atoms with Crippen molar-refractivity contribution < 1.29 is 9.42 Å². The molecule has 0 aliphatic carbocycles. The lowest BCUT2D eigenvalue weighted by Crippen LogP contribution is -2.32. The van der Waals surface area contributed by atoms with Crippen molar-refractivity contribution >= 4 is 27.5 Å². The van der Waals surface area contributed by atoms with E-state index in [2.05, 4.69) is 43.4 Å². The van der Waals surface area contributed by atoms with Gasteiger partial charge < -0.3 is 15.0 Å². The van der Waals surface area contributed by atoms with Crippen molar-refractivity contribution in [2.45, 2.75) is 25.5 Å². The number of H-pyrrole nitrogens is 1. The molecule has 1 aliphatic heterocycles. The Balaban J connectivity index is 1.82. The van der Waals surface area contributed by atoms with Gasteiger partial charge >= 0.3 is 0 Å². The first-order valence-corrected chi connectivity index (χ1v) is 9.01. The van der Waals surface area contributed by atoms with Gasteiger partial charge in [-0.3, -0.25) is 0 Å². The summed E-state index contributed by atoms with van der Waals surface area (Å²) < 4.78 is 7.49. The van der Waals surface area contributed by atoms with Crippen LogP contribution in [0.4, 0.5) is 5.69 Å². The highest BCUT2D eigenvalue weighted by Gasteiger charge is 2.18. The fraction of sp³-hybridized carbons (Fsp3) is 0.333. The summed E-state index contributed by atoms with van der Waals surface area (Å²) in [6, 6.07) is 8.30. The second kappa shape index (κ2) is 7.31. The second-order valence-corrected chi connectivity index (χ2v) is 6.91. The SMILES string of the molecule is COC(=Nc1c(C)[nH][n+](C)c1C)c1ccc(CN2C=CNC2Br)cc1. The fourth-order valence-corrected chi connectivity index (χ4v) is 3.23. The summed E-state index contributed by atoms with van der Waals surface area (Å²) in [6.07, 6.45) is 3.97. The summed E-state index contributed by atoms with van der Waals surface area (Å²) in [5.41, 5.74) is 5.18. The molecule has 0 amide bonds. The van der Waals surface area contributed by atoms with Gasteiger partial charge in [0.05, 0.1) is 7.11 Å². The van der Waals surface area contributed by atoms with Crippen LogP contribution < -0.4 is 10.00 Å². The zero-order valence-electron chi connectivity index (χ0n) is 14.9. The molecule has 0 saturated heterocycles. The van der Waals surface area contributed by atoms with Gasteiger partial charge in [-0.1, -0.05) is 12.1 Å². The van der Waals surface area contributed by atoms with E-state index in [0.717, 1.165) is 29.2 Å². The number of hydrogen-bond donors (Lipinski definition) is 2. The fourth-order valence-electron chi connectivity index (χ4n) is 2.80. The number of nitrogens with zero attached hydrogens (tertiary/aromatic N) is 3. The Morgan fingerprint density at radius 3 is 2.56 bits per heavy atom. The molecule has 0 radical (unpaired) electrons. The van der Waals surface area contributed by atoms with E-state index in [1.807, 2.05) is 50.1 Å². The zero-order valence-corrected chi connectivity index (χ0v) is 16.5. The second-order valence-electron chi connectivity index (χ2n) is 6.04. The molecule has 1 aromatic carbocycles. The highest BCUT2D eigenvalue weighted by atomic mass is 79.9. The van der Waals surface area contributed by atoms with E-state index in [0.29, 0.717) is 5.90 Å². The molecule has 0 bridgehead atoms. The first-order chi connectivity index (χ1) is 12.0. The number of aromatic nitrogens is 2. The van der Waals surface area contributed by atoms with E-state index in [1.165, 1.54) is 5.56 Å². The molecule has 0 saturated carbocycles. The Hall–Kier alpha value is -2.28. The Bertz CT molecular complexity index is 810. The monoisotopic (exact) mass is 404 g/mol. The Morgan fingerprint density at radius 2 is 2.04 bits per heavy atom. The lowest BCUT2D eigenvalue weighted by Gasteiger charge is -2.20. The standard InChI is InChI=1S/C18H22BrN5O/c1-12-16(13(2)23(3)22-12)21-17(25-4)15-7-5-14(6-8-15)11-24-10-9-20-18(24)19/h5-10,18,20H,11H2,1-4H3/p+1. The molecule has 1 aliphatic rings. The highest BCUT2D eigenvalue weighted by molar-refractivity contribution is 9.09. The average molecular weight is 405 g/mol. The largest absolute Gasteiger partial charge is 0.481 e. The molecule has 0 fully saturated rings. The topological polar surface area (TPSA) is 56.5 Å². The summed E-state index contributed by atoms with van der Waals surface area (Å²) in [4.78, 5) is 6.89. The molecule has 25 heavy (non-hydrogen) atoms. The van der Waals surface area contributed by atoms with Crippen LogP contribution in [0.3, 0.4) is 0 Å². The third kappa shape index (κ3) is 3.71. The quantitative estimate of drug-likeness (QED) is 0.271. The Kier molecular flexibility index (Phi) is 5.13. The minimum absolute atomic E-state index is 0.142. The Morgan fingerprint density at radius 1 is 1.32 bits per heavy atom. The number of rotatable bonds is 4. The molecule has 132 valence electrons. The molecule has 2 heterocycles. The summed E-state index contributed by atoms with van der Waals surface area (Å²) >= 11 is 3.57. The van der Waals surface area contributed by atoms with E-state index in [9.17, 15) is 0 Å². The number of nitrogens with one attached hydrogen (secondary N) is 2. The predicted octanol–water partition coefficient (Wildman–Crippen LogP) is 2.74. The van der Waals surface area contributed by atoms with Gasteiger partial charge in [-0.05, 0) is 40.5 Å². The van der Waals surface area contributed by atoms with Crippen molar-refractivity contribution in [3.8, 4) is 0 Å². The van der Waals surface area contributed by atoms with E-state index < -0.39 is 0 Å². The number of hydrogen-bond acceptors (Lipinski definition) is 4. The molecule has 6 nitrogen and oxygen atoms in total. The first-order valence-electron chi connectivity index (χ1n) is 8.09. The van der Waals surface area contributed by atoms with Gasteiger partial charge in [0.25, 0.3) is 0 Å². The van der Waals surface area contributed by atoms with Crippen LogP contribution in [0.2, 0.25) is 0 Å². The molecule has 7 heteroatoms. The normalized spacial score (nSPS) is 17.1. The molecule has 1 aromatic heterocycles. The summed E-state index contributed by atoms with van der Waals surface area (Å²) in [5, 5.41) is 6.57. The van der Waals surface area contributed by atoms with Crippen LogP contribution in [0, 0.1) is 13.8 Å². The maximum absolute atomic E-state index is 5.54. The average Bonchev–Trinajstić information content (AvgIpc) is 3.10. The van der Waals surface area contributed by atoms with Gasteiger partial charge in [-0.15, -0.1) is 4.68 Å². The smallest absolute Gasteiger partial charge is 0.230 e. The number of aliphatic imine (C=N–C) groups is 1. The zero-order chi connectivity index (χ0) is 18.0. The maximum Gasteiger partial charge on any atom is 0.230 e. The van der Waals surface area contributed by atoms with E-state index in [-0.39, 0.29) is 5.08 Å². The Labute approximate surface area is 156 Å². The summed E-state index contributed by atoms with van der Waals surface area (Å²) in [7, 11) is 3.63. The van der Waals surface area contributed by atoms with Gasteiger partial charge in [-0.25, -0.2) is 4.99 Å². The van der Waals surface area contributed by atoms with Gasteiger partial charge in [0.15, 0.2) is 17.8 Å². The third-order valence-corrected chi connectivity index (χ3v) is 5.09. The molecule has 2 aromatic rings. The molecular weight excluding hydrogens is 382 g/mol. The van der Waals surface area contributed by atoms with Gasteiger partial charge in [0.2, 0.25) is 11.6 Å². The third-order valence-electron chi connectivity index (χ3n) is 4.30.